The van der Waals surface area contributed by atoms with E-state index in [1.807, 2.05) is 30.7 Å². The molecule has 2 aromatic rings. The van der Waals surface area contributed by atoms with Crippen LogP contribution in [0.5, 0.6) is 0 Å². The number of halogens is 2. The Bertz CT molecular complexity index is 547. The molecule has 2 N–H and O–H groups in total. The Labute approximate surface area is 110 Å². The zero-order valence-corrected chi connectivity index (χ0v) is 11.1. The summed E-state index contributed by atoms with van der Waals surface area (Å²) in [6, 6.07) is 5.68. The molecule has 0 spiro atoms. The molecule has 1 heterocycles. The highest BCUT2D eigenvalue weighted by atomic mass is 35.5. The molecule has 0 atom stereocenters. The molecule has 0 unspecified atom stereocenters. The molecule has 5 heteroatoms. The summed E-state index contributed by atoms with van der Waals surface area (Å²) in [5.41, 5.74) is 7.98. The summed E-state index contributed by atoms with van der Waals surface area (Å²) in [7, 11) is 0. The molecular formula is C12H13Cl2N3. The quantitative estimate of drug-likeness (QED) is 0.895. The maximum absolute atomic E-state index is 6.15. The third kappa shape index (κ3) is 2.26. The van der Waals surface area contributed by atoms with Crippen LogP contribution in [0.15, 0.2) is 24.4 Å². The lowest BCUT2D eigenvalue weighted by molar-refractivity contribution is 0.534. The fourth-order valence-electron chi connectivity index (χ4n) is 1.57. The Morgan fingerprint density at radius 1 is 1.29 bits per heavy atom. The smallest absolute Gasteiger partial charge is 0.117 e. The Balaban J connectivity index is 2.57. The van der Waals surface area contributed by atoms with Gasteiger partial charge < -0.3 is 5.73 Å². The van der Waals surface area contributed by atoms with Crippen LogP contribution in [-0.4, -0.2) is 9.78 Å². The standard InChI is InChI=1S/C12H13Cl2N3/c1-7(2)17-6-10(15)12(16-17)8-4-3-5-9(13)11(8)14/h3-7H,15H2,1-2H3. The van der Waals surface area contributed by atoms with E-state index in [0.717, 1.165) is 5.56 Å². The Hall–Kier alpha value is -1.19. The van der Waals surface area contributed by atoms with Crippen LogP contribution in [0, 0.1) is 0 Å². The molecule has 3 nitrogen and oxygen atoms in total. The summed E-state index contributed by atoms with van der Waals surface area (Å²) in [5.74, 6) is 0. The van der Waals surface area contributed by atoms with Gasteiger partial charge in [0.25, 0.3) is 0 Å². The van der Waals surface area contributed by atoms with Gasteiger partial charge in [0.1, 0.15) is 5.69 Å². The fourth-order valence-corrected chi connectivity index (χ4v) is 1.96. The number of hydrogen-bond donors (Lipinski definition) is 1. The molecule has 0 bridgehead atoms. The molecule has 0 aliphatic heterocycles. The molecule has 1 aromatic heterocycles. The van der Waals surface area contributed by atoms with Gasteiger partial charge in [-0.3, -0.25) is 4.68 Å². The van der Waals surface area contributed by atoms with Crippen molar-refractivity contribution in [1.82, 2.24) is 9.78 Å². The normalized spacial score (nSPS) is 11.1. The van der Waals surface area contributed by atoms with E-state index >= 15 is 0 Å². The van der Waals surface area contributed by atoms with Crippen LogP contribution in [0.3, 0.4) is 0 Å². The lowest BCUT2D eigenvalue weighted by atomic mass is 10.1. The van der Waals surface area contributed by atoms with E-state index in [0.29, 0.717) is 21.4 Å². The van der Waals surface area contributed by atoms with Crippen LogP contribution in [-0.2, 0) is 0 Å². The summed E-state index contributed by atoms with van der Waals surface area (Å²) < 4.78 is 1.81. The van der Waals surface area contributed by atoms with E-state index in [2.05, 4.69) is 5.10 Å². The highest BCUT2D eigenvalue weighted by Gasteiger charge is 2.14. The Morgan fingerprint density at radius 2 is 2.00 bits per heavy atom. The van der Waals surface area contributed by atoms with Crippen LogP contribution in [0.2, 0.25) is 10.0 Å². The van der Waals surface area contributed by atoms with Gasteiger partial charge in [-0.25, -0.2) is 0 Å². The molecule has 0 aliphatic carbocycles. The first kappa shape index (κ1) is 12.3. The first-order valence-electron chi connectivity index (χ1n) is 5.29. The molecule has 0 saturated carbocycles. The van der Waals surface area contributed by atoms with Crippen LogP contribution < -0.4 is 5.73 Å². The third-order valence-electron chi connectivity index (χ3n) is 2.50. The summed E-state index contributed by atoms with van der Waals surface area (Å²) in [6.45, 7) is 4.07. The van der Waals surface area contributed by atoms with Crippen molar-refractivity contribution in [1.29, 1.82) is 0 Å². The van der Waals surface area contributed by atoms with Crippen molar-refractivity contribution in [3.63, 3.8) is 0 Å². The van der Waals surface area contributed by atoms with Gasteiger partial charge in [-0.2, -0.15) is 5.10 Å². The van der Waals surface area contributed by atoms with Crippen LogP contribution in [0.1, 0.15) is 19.9 Å². The number of nitrogens with zero attached hydrogens (tertiary/aromatic N) is 2. The number of anilines is 1. The first-order chi connectivity index (χ1) is 8.00. The minimum Gasteiger partial charge on any atom is -0.396 e. The van der Waals surface area contributed by atoms with Gasteiger partial charge in [-0.05, 0) is 19.9 Å². The average Bonchev–Trinajstić information content (AvgIpc) is 2.65. The minimum absolute atomic E-state index is 0.254. The predicted molar refractivity (Wildman–Crippen MR) is 72.5 cm³/mol. The zero-order chi connectivity index (χ0) is 12.6. The molecular weight excluding hydrogens is 257 g/mol. The predicted octanol–water partition coefficient (Wildman–Crippen LogP) is 4.02. The molecule has 17 heavy (non-hydrogen) atoms. The summed E-state index contributed by atoms with van der Waals surface area (Å²) >= 11 is 12.1. The van der Waals surface area contributed by atoms with E-state index in [-0.39, 0.29) is 6.04 Å². The lowest BCUT2D eigenvalue weighted by Crippen LogP contribution is -2.00. The molecule has 2 rings (SSSR count). The number of rotatable bonds is 2. The van der Waals surface area contributed by atoms with Crippen molar-refractivity contribution < 1.29 is 0 Å². The van der Waals surface area contributed by atoms with Crippen LogP contribution in [0.25, 0.3) is 11.3 Å². The van der Waals surface area contributed by atoms with E-state index in [1.54, 1.807) is 12.3 Å². The maximum Gasteiger partial charge on any atom is 0.117 e. The average molecular weight is 270 g/mol. The van der Waals surface area contributed by atoms with Crippen molar-refractivity contribution >= 4 is 28.9 Å². The van der Waals surface area contributed by atoms with Crippen molar-refractivity contribution in [2.24, 2.45) is 0 Å². The number of nitrogens with two attached hydrogens (primary N) is 1. The van der Waals surface area contributed by atoms with Gasteiger partial charge in [0, 0.05) is 17.8 Å². The molecule has 0 radical (unpaired) electrons. The fraction of sp³-hybridized carbons (Fsp3) is 0.250. The SMILES string of the molecule is CC(C)n1cc(N)c(-c2cccc(Cl)c2Cl)n1. The van der Waals surface area contributed by atoms with Crippen molar-refractivity contribution in [2.45, 2.75) is 19.9 Å². The topological polar surface area (TPSA) is 43.8 Å². The van der Waals surface area contributed by atoms with Gasteiger partial charge in [0.05, 0.1) is 15.7 Å². The van der Waals surface area contributed by atoms with Gasteiger partial charge in [-0.1, -0.05) is 35.3 Å². The second kappa shape index (κ2) is 4.59. The van der Waals surface area contributed by atoms with Crippen molar-refractivity contribution in [3.8, 4) is 11.3 Å². The number of benzene rings is 1. The second-order valence-electron chi connectivity index (χ2n) is 4.11. The lowest BCUT2D eigenvalue weighted by Gasteiger charge is -2.05. The van der Waals surface area contributed by atoms with Crippen LogP contribution >= 0.6 is 23.2 Å². The second-order valence-corrected chi connectivity index (χ2v) is 4.89. The maximum atomic E-state index is 6.15. The highest BCUT2D eigenvalue weighted by Crippen LogP contribution is 2.35. The van der Waals surface area contributed by atoms with Crippen LogP contribution in [0.4, 0.5) is 5.69 Å². The van der Waals surface area contributed by atoms with Gasteiger partial charge >= 0.3 is 0 Å². The molecule has 0 amide bonds. The molecule has 0 aliphatic rings. The van der Waals surface area contributed by atoms with E-state index in [9.17, 15) is 0 Å². The van der Waals surface area contributed by atoms with Gasteiger partial charge in [0.2, 0.25) is 0 Å². The largest absolute Gasteiger partial charge is 0.396 e. The molecule has 0 saturated heterocycles. The Kier molecular flexibility index (Phi) is 3.31. The first-order valence-corrected chi connectivity index (χ1v) is 6.05. The van der Waals surface area contributed by atoms with E-state index in [1.165, 1.54) is 0 Å². The number of hydrogen-bond acceptors (Lipinski definition) is 2. The minimum atomic E-state index is 0.254. The highest BCUT2D eigenvalue weighted by molar-refractivity contribution is 6.43. The zero-order valence-electron chi connectivity index (χ0n) is 9.61. The monoisotopic (exact) mass is 269 g/mol. The number of aromatic nitrogens is 2. The third-order valence-corrected chi connectivity index (χ3v) is 3.31. The van der Waals surface area contributed by atoms with E-state index < -0.39 is 0 Å². The van der Waals surface area contributed by atoms with Gasteiger partial charge in [0.15, 0.2) is 0 Å². The van der Waals surface area contributed by atoms with E-state index in [4.69, 9.17) is 28.9 Å². The number of nitrogen functional groups attached to an aromatic ring is 1. The summed E-state index contributed by atoms with van der Waals surface area (Å²) in [6.07, 6.45) is 1.80. The summed E-state index contributed by atoms with van der Waals surface area (Å²) in [4.78, 5) is 0. The molecule has 1 aromatic carbocycles. The Morgan fingerprint density at radius 3 is 2.59 bits per heavy atom. The van der Waals surface area contributed by atoms with Gasteiger partial charge in [-0.15, -0.1) is 0 Å². The van der Waals surface area contributed by atoms with Crippen molar-refractivity contribution in [3.05, 3.63) is 34.4 Å². The molecule has 90 valence electrons. The van der Waals surface area contributed by atoms with Crippen molar-refractivity contribution in [2.75, 3.05) is 5.73 Å². The molecule has 0 fully saturated rings. The summed E-state index contributed by atoms with van der Waals surface area (Å²) in [5, 5.41) is 5.41.